The van der Waals surface area contributed by atoms with E-state index in [0.717, 1.165) is 0 Å². The van der Waals surface area contributed by atoms with Crippen molar-refractivity contribution < 1.29 is 14.9 Å². The fraction of sp³-hybridized carbons (Fsp3) is 0.600. The number of rotatable bonds is 1. The second-order valence-corrected chi connectivity index (χ2v) is 4.14. The van der Waals surface area contributed by atoms with Gasteiger partial charge in [0.05, 0.1) is 12.7 Å². The molecule has 1 aliphatic rings. The van der Waals surface area contributed by atoms with Gasteiger partial charge < -0.3 is 14.9 Å². The number of nitrogens with one attached hydrogen (secondary N) is 1. The first-order valence-corrected chi connectivity index (χ1v) is 5.29. The molecule has 0 spiro atoms. The Kier molecular flexibility index (Phi) is 3.14. The van der Waals surface area contributed by atoms with E-state index in [-0.39, 0.29) is 13.0 Å². The minimum absolute atomic E-state index is 0.0452. The highest BCUT2D eigenvalue weighted by molar-refractivity contribution is 5.01. The minimum atomic E-state index is -0.939. The zero-order chi connectivity index (χ0) is 12.6. The molecule has 1 aromatic rings. The molecule has 2 rings (SSSR count). The quantitative estimate of drug-likeness (QED) is 0.555. The zero-order valence-electron chi connectivity index (χ0n) is 9.29. The van der Waals surface area contributed by atoms with Crippen LogP contribution in [-0.2, 0) is 4.74 Å². The monoisotopic (exact) mass is 242 g/mol. The summed E-state index contributed by atoms with van der Waals surface area (Å²) >= 11 is 0. The topological polar surface area (TPSA) is 105 Å². The number of nitrogens with zero attached hydrogens (tertiary/aromatic N) is 1. The van der Waals surface area contributed by atoms with Gasteiger partial charge in [0.2, 0.25) is 0 Å². The van der Waals surface area contributed by atoms with E-state index in [9.17, 15) is 19.8 Å². The first kappa shape index (κ1) is 12.0. The van der Waals surface area contributed by atoms with Crippen LogP contribution in [0, 0.1) is 6.92 Å². The Balaban J connectivity index is 2.32. The third-order valence-corrected chi connectivity index (χ3v) is 2.80. The van der Waals surface area contributed by atoms with Crippen molar-refractivity contribution in [2.45, 2.75) is 31.8 Å². The summed E-state index contributed by atoms with van der Waals surface area (Å²) in [6.07, 6.45) is -1.06. The fourth-order valence-electron chi connectivity index (χ4n) is 1.75. The third-order valence-electron chi connectivity index (χ3n) is 2.80. The summed E-state index contributed by atoms with van der Waals surface area (Å²) in [6, 6.07) is 0. The largest absolute Gasteiger partial charge is 0.390 e. The molecule has 2 unspecified atom stereocenters. The summed E-state index contributed by atoms with van der Waals surface area (Å²) in [5, 5.41) is 18.8. The lowest BCUT2D eigenvalue weighted by atomic mass is 10.1. The molecule has 94 valence electrons. The van der Waals surface area contributed by atoms with Gasteiger partial charge in [-0.2, -0.15) is 0 Å². The highest BCUT2D eigenvalue weighted by Crippen LogP contribution is 2.21. The van der Waals surface area contributed by atoms with Crippen LogP contribution in [0.2, 0.25) is 0 Å². The summed E-state index contributed by atoms with van der Waals surface area (Å²) in [7, 11) is 0. The van der Waals surface area contributed by atoms with Crippen molar-refractivity contribution in [2.24, 2.45) is 0 Å². The summed E-state index contributed by atoms with van der Waals surface area (Å²) in [5.74, 6) is 0. The van der Waals surface area contributed by atoms with Gasteiger partial charge in [-0.1, -0.05) is 0 Å². The van der Waals surface area contributed by atoms with E-state index in [1.54, 1.807) is 6.92 Å². The maximum absolute atomic E-state index is 11.6. The molecule has 17 heavy (non-hydrogen) atoms. The maximum Gasteiger partial charge on any atom is 0.330 e. The van der Waals surface area contributed by atoms with Gasteiger partial charge in [-0.15, -0.1) is 0 Å². The molecule has 7 nitrogen and oxygen atoms in total. The second-order valence-electron chi connectivity index (χ2n) is 4.14. The number of aliphatic hydroxyl groups excluding tert-OH is 2. The van der Waals surface area contributed by atoms with E-state index >= 15 is 0 Å². The molecule has 0 bridgehead atoms. The second kappa shape index (κ2) is 4.44. The van der Waals surface area contributed by atoms with Gasteiger partial charge in [-0.3, -0.25) is 14.3 Å². The predicted molar refractivity (Wildman–Crippen MR) is 57.7 cm³/mol. The van der Waals surface area contributed by atoms with Gasteiger partial charge in [0.25, 0.3) is 5.56 Å². The summed E-state index contributed by atoms with van der Waals surface area (Å²) in [6.45, 7) is 1.53. The van der Waals surface area contributed by atoms with Crippen LogP contribution >= 0.6 is 0 Å². The van der Waals surface area contributed by atoms with Crippen LogP contribution in [0.1, 0.15) is 18.2 Å². The van der Waals surface area contributed by atoms with Gasteiger partial charge in [0.1, 0.15) is 12.3 Å². The number of aryl methyl sites for hydroxylation is 1. The molecular weight excluding hydrogens is 228 g/mol. The number of hydrogen-bond acceptors (Lipinski definition) is 5. The molecule has 0 radical (unpaired) electrons. The van der Waals surface area contributed by atoms with Crippen molar-refractivity contribution in [3.05, 3.63) is 32.6 Å². The van der Waals surface area contributed by atoms with E-state index in [4.69, 9.17) is 4.74 Å². The highest BCUT2D eigenvalue weighted by atomic mass is 16.5. The molecule has 1 aliphatic heterocycles. The Hall–Kier alpha value is -1.44. The van der Waals surface area contributed by atoms with E-state index in [1.807, 2.05) is 0 Å². The van der Waals surface area contributed by atoms with Crippen molar-refractivity contribution >= 4 is 0 Å². The number of H-pyrrole nitrogens is 1. The SMILES string of the molecule is Cc1cn([C@H]2CC(O)C(O)CO2)c(=O)[nH]c1=O. The predicted octanol–water partition coefficient (Wildman–Crippen LogP) is -1.51. The number of aromatic amines is 1. The average molecular weight is 242 g/mol. The van der Waals surface area contributed by atoms with Crippen LogP contribution < -0.4 is 11.2 Å². The normalized spacial score (nSPS) is 29.2. The van der Waals surface area contributed by atoms with E-state index in [2.05, 4.69) is 4.98 Å². The van der Waals surface area contributed by atoms with Crippen LogP contribution in [0.25, 0.3) is 0 Å². The van der Waals surface area contributed by atoms with E-state index in [0.29, 0.717) is 5.56 Å². The number of aliphatic hydroxyl groups is 2. The first-order chi connectivity index (χ1) is 7.99. The van der Waals surface area contributed by atoms with Crippen LogP contribution in [0.3, 0.4) is 0 Å². The molecular formula is C10H14N2O5. The third kappa shape index (κ3) is 2.31. The molecule has 3 N–H and O–H groups in total. The van der Waals surface area contributed by atoms with Crippen molar-refractivity contribution in [3.8, 4) is 0 Å². The molecule has 3 atom stereocenters. The molecule has 0 aliphatic carbocycles. The van der Waals surface area contributed by atoms with Crippen molar-refractivity contribution in [3.63, 3.8) is 0 Å². The molecule has 2 heterocycles. The lowest BCUT2D eigenvalue weighted by molar-refractivity contribution is -0.146. The van der Waals surface area contributed by atoms with E-state index in [1.165, 1.54) is 10.8 Å². The molecule has 1 fully saturated rings. The van der Waals surface area contributed by atoms with Gasteiger partial charge in [0.15, 0.2) is 0 Å². The lowest BCUT2D eigenvalue weighted by Gasteiger charge is -2.31. The number of hydrogen-bond donors (Lipinski definition) is 3. The van der Waals surface area contributed by atoms with Gasteiger partial charge >= 0.3 is 5.69 Å². The summed E-state index contributed by atoms with van der Waals surface area (Å²) in [4.78, 5) is 24.9. The number of ether oxygens (including phenoxy) is 1. The van der Waals surface area contributed by atoms with Crippen LogP contribution in [0.4, 0.5) is 0 Å². The zero-order valence-corrected chi connectivity index (χ0v) is 9.29. The Morgan fingerprint density at radius 2 is 2.12 bits per heavy atom. The Morgan fingerprint density at radius 3 is 2.76 bits per heavy atom. The molecule has 0 saturated carbocycles. The standard InChI is InChI=1S/C10H14N2O5/c1-5-3-12(10(16)11-9(5)15)8-2-6(13)7(14)4-17-8/h3,6-8,13-14H,2,4H2,1H3,(H,11,15,16)/t6?,7?,8-/m1/s1. The minimum Gasteiger partial charge on any atom is -0.390 e. The molecule has 1 aromatic heterocycles. The summed E-state index contributed by atoms with van der Waals surface area (Å²) < 4.78 is 6.47. The van der Waals surface area contributed by atoms with Gasteiger partial charge in [0, 0.05) is 18.2 Å². The van der Waals surface area contributed by atoms with Crippen LogP contribution in [-0.4, -0.2) is 38.6 Å². The Bertz CT molecular complexity index is 520. The summed E-state index contributed by atoms with van der Waals surface area (Å²) in [5.41, 5.74) is -0.648. The Labute approximate surface area is 96.3 Å². The van der Waals surface area contributed by atoms with Gasteiger partial charge in [-0.05, 0) is 6.92 Å². The highest BCUT2D eigenvalue weighted by Gasteiger charge is 2.29. The molecule has 7 heteroatoms. The average Bonchev–Trinajstić information content (AvgIpc) is 2.27. The first-order valence-electron chi connectivity index (χ1n) is 5.29. The lowest BCUT2D eigenvalue weighted by Crippen LogP contribution is -2.43. The molecule has 1 saturated heterocycles. The smallest absolute Gasteiger partial charge is 0.330 e. The fourth-order valence-corrected chi connectivity index (χ4v) is 1.75. The van der Waals surface area contributed by atoms with Crippen molar-refractivity contribution in [2.75, 3.05) is 6.61 Å². The Morgan fingerprint density at radius 1 is 1.41 bits per heavy atom. The molecule has 0 aromatic carbocycles. The maximum atomic E-state index is 11.6. The van der Waals surface area contributed by atoms with Crippen molar-refractivity contribution in [1.82, 2.24) is 9.55 Å². The molecule has 0 amide bonds. The van der Waals surface area contributed by atoms with Crippen LogP contribution in [0.5, 0.6) is 0 Å². The van der Waals surface area contributed by atoms with Crippen LogP contribution in [0.15, 0.2) is 15.8 Å². The van der Waals surface area contributed by atoms with Crippen molar-refractivity contribution in [1.29, 1.82) is 0 Å². The number of aromatic nitrogens is 2. The van der Waals surface area contributed by atoms with Gasteiger partial charge in [-0.25, -0.2) is 4.79 Å². The van der Waals surface area contributed by atoms with E-state index < -0.39 is 29.7 Å².